The molecule has 1 rings (SSSR count). The summed E-state index contributed by atoms with van der Waals surface area (Å²) in [6.07, 6.45) is 1.28. The second-order valence-corrected chi connectivity index (χ2v) is 7.04. The van der Waals surface area contributed by atoms with E-state index in [4.69, 9.17) is 5.11 Å². The fourth-order valence-corrected chi connectivity index (χ4v) is 4.38. The fraction of sp³-hybridized carbons (Fsp3) is 1.00. The summed E-state index contributed by atoms with van der Waals surface area (Å²) >= 11 is 0. The van der Waals surface area contributed by atoms with Gasteiger partial charge in [-0.25, -0.2) is 8.42 Å². The summed E-state index contributed by atoms with van der Waals surface area (Å²) in [6, 6.07) is 0. The molecule has 0 aromatic rings. The van der Waals surface area contributed by atoms with Crippen molar-refractivity contribution in [3.05, 3.63) is 0 Å². The Morgan fingerprint density at radius 3 is 2.31 bits per heavy atom. The van der Waals surface area contributed by atoms with Gasteiger partial charge in [-0.3, -0.25) is 0 Å². The molecule has 1 heterocycles. The van der Waals surface area contributed by atoms with E-state index in [1.807, 2.05) is 13.8 Å². The largest absolute Gasteiger partial charge is 0.395 e. The Morgan fingerprint density at radius 2 is 2.08 bits per heavy atom. The zero-order valence-corrected chi connectivity index (χ0v) is 9.26. The van der Waals surface area contributed by atoms with Crippen LogP contribution in [0.2, 0.25) is 0 Å². The van der Waals surface area contributed by atoms with Gasteiger partial charge in [-0.1, -0.05) is 13.8 Å². The molecule has 0 amide bonds. The zero-order valence-electron chi connectivity index (χ0n) is 8.45. The van der Waals surface area contributed by atoms with Crippen LogP contribution in [-0.4, -0.2) is 30.1 Å². The molecule has 0 aromatic carbocycles. The molecule has 1 fully saturated rings. The van der Waals surface area contributed by atoms with E-state index in [-0.39, 0.29) is 12.5 Å². The van der Waals surface area contributed by atoms with Crippen LogP contribution >= 0.6 is 0 Å². The minimum absolute atomic E-state index is 0.119. The van der Waals surface area contributed by atoms with Crippen molar-refractivity contribution in [2.75, 3.05) is 6.61 Å². The number of sulfone groups is 1. The highest BCUT2D eigenvalue weighted by molar-refractivity contribution is 7.93. The molecule has 1 N–H and O–H groups in total. The van der Waals surface area contributed by atoms with E-state index < -0.39 is 19.8 Å². The van der Waals surface area contributed by atoms with Crippen molar-refractivity contribution < 1.29 is 13.5 Å². The van der Waals surface area contributed by atoms with E-state index in [0.29, 0.717) is 12.8 Å². The Bertz CT molecular complexity index is 281. The monoisotopic (exact) mass is 206 g/mol. The van der Waals surface area contributed by atoms with Gasteiger partial charge in [-0.15, -0.1) is 0 Å². The molecule has 1 aliphatic rings. The van der Waals surface area contributed by atoms with Crippen LogP contribution in [0.1, 0.15) is 33.6 Å². The molecule has 0 radical (unpaired) electrons. The lowest BCUT2D eigenvalue weighted by Gasteiger charge is -2.28. The predicted octanol–water partition coefficient (Wildman–Crippen LogP) is 0.971. The summed E-state index contributed by atoms with van der Waals surface area (Å²) in [6.45, 7) is 5.42. The van der Waals surface area contributed by atoms with Gasteiger partial charge in [0, 0.05) is 0 Å². The van der Waals surface area contributed by atoms with Crippen LogP contribution in [0.5, 0.6) is 0 Å². The van der Waals surface area contributed by atoms with Crippen LogP contribution < -0.4 is 0 Å². The molecule has 78 valence electrons. The van der Waals surface area contributed by atoms with Crippen LogP contribution in [0.15, 0.2) is 0 Å². The maximum atomic E-state index is 11.9. The predicted molar refractivity (Wildman–Crippen MR) is 52.3 cm³/mol. The standard InChI is InChI=1S/C9H18O3S/c1-7(2)9(3)5-4-8(6-10)13(9,11)12/h7-8,10H,4-6H2,1-3H3. The fourth-order valence-electron chi connectivity index (χ4n) is 1.93. The van der Waals surface area contributed by atoms with Crippen LogP contribution in [0.3, 0.4) is 0 Å². The first-order valence-corrected chi connectivity index (χ1v) is 6.25. The summed E-state index contributed by atoms with van der Waals surface area (Å²) in [5.41, 5.74) is 0. The summed E-state index contributed by atoms with van der Waals surface area (Å²) in [5, 5.41) is 8.41. The molecule has 3 nitrogen and oxygen atoms in total. The first-order valence-electron chi connectivity index (χ1n) is 4.70. The summed E-state index contributed by atoms with van der Waals surface area (Å²) in [4.78, 5) is 0. The highest BCUT2D eigenvalue weighted by Crippen LogP contribution is 2.41. The lowest BCUT2D eigenvalue weighted by Crippen LogP contribution is -2.40. The lowest BCUT2D eigenvalue weighted by atomic mass is 9.92. The van der Waals surface area contributed by atoms with Gasteiger partial charge in [0.25, 0.3) is 0 Å². The van der Waals surface area contributed by atoms with E-state index in [1.165, 1.54) is 0 Å². The van der Waals surface area contributed by atoms with Gasteiger partial charge in [0.05, 0.1) is 16.6 Å². The normalized spacial score (nSPS) is 38.4. The van der Waals surface area contributed by atoms with Gasteiger partial charge in [0.15, 0.2) is 9.84 Å². The smallest absolute Gasteiger partial charge is 0.161 e. The third kappa shape index (κ3) is 1.40. The van der Waals surface area contributed by atoms with E-state index in [9.17, 15) is 8.42 Å². The highest BCUT2D eigenvalue weighted by Gasteiger charge is 2.51. The molecule has 1 saturated heterocycles. The maximum absolute atomic E-state index is 11.9. The Kier molecular flexibility index (Phi) is 2.74. The average molecular weight is 206 g/mol. The van der Waals surface area contributed by atoms with Gasteiger partial charge in [-0.05, 0) is 25.7 Å². The molecular formula is C9H18O3S. The Hall–Kier alpha value is -0.0900. The molecule has 0 aliphatic carbocycles. The molecule has 1 aliphatic heterocycles. The van der Waals surface area contributed by atoms with Gasteiger partial charge in [-0.2, -0.15) is 0 Å². The molecule has 13 heavy (non-hydrogen) atoms. The van der Waals surface area contributed by atoms with E-state index in [2.05, 4.69) is 0 Å². The molecule has 0 spiro atoms. The van der Waals surface area contributed by atoms with Crippen molar-refractivity contribution in [3.63, 3.8) is 0 Å². The van der Waals surface area contributed by atoms with Crippen molar-refractivity contribution in [3.8, 4) is 0 Å². The Labute approximate surface area is 80.1 Å². The summed E-state index contributed by atoms with van der Waals surface area (Å²) in [7, 11) is -3.13. The van der Waals surface area contributed by atoms with Crippen molar-refractivity contribution >= 4 is 9.84 Å². The van der Waals surface area contributed by atoms with Crippen molar-refractivity contribution in [1.29, 1.82) is 0 Å². The van der Waals surface area contributed by atoms with E-state index in [1.54, 1.807) is 6.92 Å². The maximum Gasteiger partial charge on any atom is 0.161 e. The van der Waals surface area contributed by atoms with Gasteiger partial charge >= 0.3 is 0 Å². The SMILES string of the molecule is CC(C)C1(C)CCC(CO)S1(=O)=O. The van der Waals surface area contributed by atoms with Gasteiger partial charge in [0.2, 0.25) is 0 Å². The quantitative estimate of drug-likeness (QED) is 0.732. The Morgan fingerprint density at radius 1 is 1.54 bits per heavy atom. The molecule has 0 aromatic heterocycles. The average Bonchev–Trinajstić information content (AvgIpc) is 2.25. The zero-order chi connectivity index (χ0) is 10.3. The van der Waals surface area contributed by atoms with Crippen LogP contribution in [-0.2, 0) is 9.84 Å². The third-order valence-corrected chi connectivity index (χ3v) is 6.71. The Balaban J connectivity index is 3.07. The van der Waals surface area contributed by atoms with Crippen molar-refractivity contribution in [2.45, 2.75) is 43.6 Å². The molecule has 2 unspecified atom stereocenters. The van der Waals surface area contributed by atoms with Crippen LogP contribution in [0.4, 0.5) is 0 Å². The topological polar surface area (TPSA) is 54.4 Å². The number of rotatable bonds is 2. The van der Waals surface area contributed by atoms with Crippen LogP contribution in [0.25, 0.3) is 0 Å². The van der Waals surface area contributed by atoms with Gasteiger partial charge in [0.1, 0.15) is 0 Å². The molecule has 0 bridgehead atoms. The van der Waals surface area contributed by atoms with Crippen LogP contribution in [0, 0.1) is 5.92 Å². The first kappa shape index (κ1) is 11.0. The molecular weight excluding hydrogens is 188 g/mol. The number of hydrogen-bond acceptors (Lipinski definition) is 3. The minimum atomic E-state index is -3.13. The van der Waals surface area contributed by atoms with Crippen molar-refractivity contribution in [2.24, 2.45) is 5.92 Å². The molecule has 4 heteroatoms. The second-order valence-electron chi connectivity index (χ2n) is 4.36. The molecule has 2 atom stereocenters. The van der Waals surface area contributed by atoms with E-state index in [0.717, 1.165) is 0 Å². The highest BCUT2D eigenvalue weighted by atomic mass is 32.2. The first-order chi connectivity index (χ1) is 5.86. The number of aliphatic hydroxyl groups is 1. The minimum Gasteiger partial charge on any atom is -0.395 e. The molecule has 0 saturated carbocycles. The van der Waals surface area contributed by atoms with E-state index >= 15 is 0 Å². The van der Waals surface area contributed by atoms with Crippen molar-refractivity contribution in [1.82, 2.24) is 0 Å². The summed E-state index contributed by atoms with van der Waals surface area (Å²) < 4.78 is 23.2. The number of hydrogen-bond donors (Lipinski definition) is 1. The number of aliphatic hydroxyl groups excluding tert-OH is 1. The lowest BCUT2D eigenvalue weighted by molar-refractivity contribution is 0.288. The second kappa shape index (κ2) is 3.24. The summed E-state index contributed by atoms with van der Waals surface area (Å²) in [5.74, 6) is 0.119. The van der Waals surface area contributed by atoms with Gasteiger partial charge < -0.3 is 5.11 Å². The third-order valence-electron chi connectivity index (χ3n) is 3.48.